The van der Waals surface area contributed by atoms with Crippen LogP contribution in [0, 0.1) is 17.6 Å². The molecule has 1 heterocycles. The molecule has 0 spiro atoms. The highest BCUT2D eigenvalue weighted by Gasteiger charge is 2.31. The molecule has 1 saturated heterocycles. The SMILES string of the molecule is CCC(C)[C@@H](c1c(F)cc(Cl)cc1F)N1CCNCC1.Cl.Cl. The Hall–Kier alpha value is -0.130. The molecule has 0 radical (unpaired) electrons. The fraction of sp³-hybridized carbons (Fsp3) is 0.600. The second kappa shape index (κ2) is 9.89. The molecule has 0 amide bonds. The highest BCUT2D eigenvalue weighted by molar-refractivity contribution is 6.30. The molecule has 2 nitrogen and oxygen atoms in total. The summed E-state index contributed by atoms with van der Waals surface area (Å²) in [6.45, 7) is 7.40. The third-order valence-electron chi connectivity index (χ3n) is 4.07. The van der Waals surface area contributed by atoms with Crippen molar-refractivity contribution in [2.24, 2.45) is 5.92 Å². The molecule has 0 aromatic heterocycles. The zero-order chi connectivity index (χ0) is 14.7. The van der Waals surface area contributed by atoms with Gasteiger partial charge in [-0.1, -0.05) is 31.9 Å². The van der Waals surface area contributed by atoms with Gasteiger partial charge in [-0.15, -0.1) is 24.8 Å². The number of nitrogens with zero attached hydrogens (tertiary/aromatic N) is 1. The van der Waals surface area contributed by atoms with Gasteiger partial charge in [0.25, 0.3) is 0 Å². The molecule has 22 heavy (non-hydrogen) atoms. The van der Waals surface area contributed by atoms with Crippen molar-refractivity contribution in [1.82, 2.24) is 10.2 Å². The van der Waals surface area contributed by atoms with Crippen molar-refractivity contribution in [1.29, 1.82) is 0 Å². The van der Waals surface area contributed by atoms with Gasteiger partial charge in [0.15, 0.2) is 0 Å². The quantitative estimate of drug-likeness (QED) is 0.836. The van der Waals surface area contributed by atoms with Gasteiger partial charge in [-0.3, -0.25) is 4.90 Å². The molecule has 2 rings (SSSR count). The van der Waals surface area contributed by atoms with Crippen LogP contribution in [-0.2, 0) is 0 Å². The van der Waals surface area contributed by atoms with Gasteiger partial charge >= 0.3 is 0 Å². The fourth-order valence-electron chi connectivity index (χ4n) is 2.85. The second-order valence-corrected chi connectivity index (χ2v) is 5.84. The first-order valence-electron chi connectivity index (χ1n) is 7.13. The lowest BCUT2D eigenvalue weighted by Gasteiger charge is -2.38. The Balaban J connectivity index is 0.00000220. The fourth-order valence-corrected chi connectivity index (χ4v) is 3.04. The molecule has 1 aliphatic heterocycles. The van der Waals surface area contributed by atoms with E-state index in [1.54, 1.807) is 0 Å². The van der Waals surface area contributed by atoms with E-state index in [0.717, 1.165) is 32.6 Å². The number of hydrogen-bond donors (Lipinski definition) is 1. The van der Waals surface area contributed by atoms with Crippen molar-refractivity contribution in [3.8, 4) is 0 Å². The van der Waals surface area contributed by atoms with E-state index in [-0.39, 0.29) is 47.4 Å². The summed E-state index contributed by atoms with van der Waals surface area (Å²) < 4.78 is 28.5. The summed E-state index contributed by atoms with van der Waals surface area (Å²) in [5.74, 6) is -0.907. The first-order chi connectivity index (χ1) is 9.54. The van der Waals surface area contributed by atoms with Crippen LogP contribution >= 0.6 is 36.4 Å². The van der Waals surface area contributed by atoms with E-state index >= 15 is 0 Å². The molecule has 1 aromatic rings. The number of hydrogen-bond acceptors (Lipinski definition) is 2. The maximum Gasteiger partial charge on any atom is 0.132 e. The van der Waals surface area contributed by atoms with E-state index < -0.39 is 11.6 Å². The number of nitrogens with one attached hydrogen (secondary N) is 1. The Morgan fingerprint density at radius 1 is 1.18 bits per heavy atom. The average Bonchev–Trinajstić information content (AvgIpc) is 2.42. The smallest absolute Gasteiger partial charge is 0.132 e. The van der Waals surface area contributed by atoms with Crippen molar-refractivity contribution in [3.63, 3.8) is 0 Å². The molecule has 128 valence electrons. The molecular formula is C15H23Cl3F2N2. The summed E-state index contributed by atoms with van der Waals surface area (Å²) in [6, 6.07) is 2.18. The Morgan fingerprint density at radius 3 is 2.14 bits per heavy atom. The Morgan fingerprint density at radius 2 is 1.68 bits per heavy atom. The normalized spacial score (nSPS) is 18.0. The zero-order valence-electron chi connectivity index (χ0n) is 12.7. The predicted molar refractivity (Wildman–Crippen MR) is 92.5 cm³/mol. The van der Waals surface area contributed by atoms with Crippen LogP contribution in [0.5, 0.6) is 0 Å². The second-order valence-electron chi connectivity index (χ2n) is 5.40. The molecule has 1 aliphatic rings. The number of benzene rings is 1. The maximum atomic E-state index is 14.2. The number of rotatable bonds is 4. The van der Waals surface area contributed by atoms with Crippen LogP contribution in [0.1, 0.15) is 31.9 Å². The van der Waals surface area contributed by atoms with Crippen molar-refractivity contribution < 1.29 is 8.78 Å². The van der Waals surface area contributed by atoms with E-state index in [4.69, 9.17) is 11.6 Å². The van der Waals surface area contributed by atoms with Crippen molar-refractivity contribution >= 4 is 36.4 Å². The van der Waals surface area contributed by atoms with Crippen molar-refractivity contribution in [2.45, 2.75) is 26.3 Å². The van der Waals surface area contributed by atoms with Crippen LogP contribution in [0.2, 0.25) is 5.02 Å². The lowest BCUT2D eigenvalue weighted by Crippen LogP contribution is -2.47. The maximum absolute atomic E-state index is 14.2. The van der Waals surface area contributed by atoms with E-state index in [9.17, 15) is 8.78 Å². The predicted octanol–water partition coefficient (Wildman–Crippen LogP) is 4.45. The van der Waals surface area contributed by atoms with Gasteiger partial charge in [0, 0.05) is 42.8 Å². The van der Waals surface area contributed by atoms with Gasteiger partial charge in [0.05, 0.1) is 0 Å². The molecule has 7 heteroatoms. The molecule has 0 aliphatic carbocycles. The monoisotopic (exact) mass is 374 g/mol. The van der Waals surface area contributed by atoms with Crippen molar-refractivity contribution in [2.75, 3.05) is 26.2 Å². The van der Waals surface area contributed by atoms with E-state index in [1.807, 2.05) is 13.8 Å². The molecule has 0 saturated carbocycles. The van der Waals surface area contributed by atoms with Crippen LogP contribution in [-0.4, -0.2) is 31.1 Å². The lowest BCUT2D eigenvalue weighted by molar-refractivity contribution is 0.122. The van der Waals surface area contributed by atoms with Crippen LogP contribution in [0.4, 0.5) is 8.78 Å². The van der Waals surface area contributed by atoms with E-state index in [0.29, 0.717) is 0 Å². The first-order valence-corrected chi connectivity index (χ1v) is 7.51. The van der Waals surface area contributed by atoms with Crippen LogP contribution in [0.3, 0.4) is 0 Å². The Kier molecular flexibility index (Phi) is 9.83. The summed E-state index contributed by atoms with van der Waals surface area (Å²) in [5, 5.41) is 3.37. The van der Waals surface area contributed by atoms with Gasteiger partial charge in [0.2, 0.25) is 0 Å². The molecule has 1 unspecified atom stereocenters. The standard InChI is InChI=1S/C15H21ClF2N2.2ClH/c1-3-10(2)15(20-6-4-19-5-7-20)14-12(17)8-11(16)9-13(14)18;;/h8-10,15,19H,3-7H2,1-2H3;2*1H/t10?,15-;;/m0../s1. The van der Waals surface area contributed by atoms with Crippen molar-refractivity contribution in [3.05, 3.63) is 34.4 Å². The Labute approximate surface area is 148 Å². The van der Waals surface area contributed by atoms with Gasteiger partial charge in [0.1, 0.15) is 11.6 Å². The van der Waals surface area contributed by atoms with Gasteiger partial charge in [-0.05, 0) is 18.1 Å². The molecule has 0 bridgehead atoms. The number of halogens is 5. The lowest BCUT2D eigenvalue weighted by atomic mass is 9.90. The summed E-state index contributed by atoms with van der Waals surface area (Å²) in [4.78, 5) is 2.17. The van der Waals surface area contributed by atoms with Gasteiger partial charge < -0.3 is 5.32 Å². The first kappa shape index (κ1) is 21.9. The molecule has 1 N–H and O–H groups in total. The minimum atomic E-state index is -0.543. The molecule has 1 fully saturated rings. The summed E-state index contributed by atoms with van der Waals surface area (Å²) in [5.41, 5.74) is 0.158. The third-order valence-corrected chi connectivity index (χ3v) is 4.29. The highest BCUT2D eigenvalue weighted by atomic mass is 35.5. The average molecular weight is 376 g/mol. The molecule has 1 aromatic carbocycles. The zero-order valence-corrected chi connectivity index (χ0v) is 15.1. The summed E-state index contributed by atoms with van der Waals surface area (Å²) in [6.07, 6.45) is 0.871. The minimum absolute atomic E-state index is 0. The van der Waals surface area contributed by atoms with Crippen LogP contribution in [0.15, 0.2) is 12.1 Å². The van der Waals surface area contributed by atoms with E-state index in [2.05, 4.69) is 10.2 Å². The van der Waals surface area contributed by atoms with Crippen LogP contribution in [0.25, 0.3) is 0 Å². The summed E-state index contributed by atoms with van der Waals surface area (Å²) in [7, 11) is 0. The van der Waals surface area contributed by atoms with Crippen LogP contribution < -0.4 is 5.32 Å². The Bertz CT molecular complexity index is 445. The number of piperazine rings is 1. The summed E-state index contributed by atoms with van der Waals surface area (Å²) >= 11 is 5.72. The largest absolute Gasteiger partial charge is 0.314 e. The van der Waals surface area contributed by atoms with Gasteiger partial charge in [-0.2, -0.15) is 0 Å². The topological polar surface area (TPSA) is 15.3 Å². The molecular weight excluding hydrogens is 353 g/mol. The highest BCUT2D eigenvalue weighted by Crippen LogP contribution is 2.35. The van der Waals surface area contributed by atoms with Gasteiger partial charge in [-0.25, -0.2) is 8.78 Å². The minimum Gasteiger partial charge on any atom is -0.314 e. The van der Waals surface area contributed by atoms with E-state index in [1.165, 1.54) is 12.1 Å². The third kappa shape index (κ3) is 4.93. The molecule has 2 atom stereocenters.